The van der Waals surface area contributed by atoms with Crippen LogP contribution in [0.3, 0.4) is 0 Å². The number of nitrogens with two attached hydrogens (primary N) is 1. The summed E-state index contributed by atoms with van der Waals surface area (Å²) in [6.07, 6.45) is 1.02. The molecule has 1 fully saturated rings. The Balaban J connectivity index is 1.99. The van der Waals surface area contributed by atoms with E-state index in [0.29, 0.717) is 17.9 Å². The smallest absolute Gasteiger partial charge is 0.243 e. The number of benzene rings is 1. The first-order chi connectivity index (χ1) is 9.95. The van der Waals surface area contributed by atoms with Crippen LogP contribution < -0.4 is 16.4 Å². The van der Waals surface area contributed by atoms with Crippen LogP contribution in [0.4, 0.5) is 0 Å². The normalized spacial score (nSPS) is 18.9. The molecular formula is C14H16ClN3O3. The summed E-state index contributed by atoms with van der Waals surface area (Å²) >= 11 is 5.79. The molecule has 1 aromatic rings. The van der Waals surface area contributed by atoms with E-state index in [4.69, 9.17) is 17.3 Å². The highest BCUT2D eigenvalue weighted by Gasteiger charge is 2.29. The molecule has 1 aliphatic rings. The second kappa shape index (κ2) is 6.58. The summed E-state index contributed by atoms with van der Waals surface area (Å²) in [4.78, 5) is 34.6. The highest BCUT2D eigenvalue weighted by molar-refractivity contribution is 6.30. The van der Waals surface area contributed by atoms with E-state index in [-0.39, 0.29) is 12.3 Å². The number of halogens is 1. The Morgan fingerprint density at radius 3 is 2.57 bits per heavy atom. The van der Waals surface area contributed by atoms with Crippen LogP contribution in [0.25, 0.3) is 0 Å². The summed E-state index contributed by atoms with van der Waals surface area (Å²) in [7, 11) is 0. The maximum atomic E-state index is 12.0. The maximum absolute atomic E-state index is 12.0. The zero-order chi connectivity index (χ0) is 15.4. The molecule has 1 aromatic carbocycles. The summed E-state index contributed by atoms with van der Waals surface area (Å²) in [5, 5.41) is 5.72. The molecule has 0 radical (unpaired) electrons. The van der Waals surface area contributed by atoms with Gasteiger partial charge in [0.1, 0.15) is 12.1 Å². The molecule has 4 N–H and O–H groups in total. The third-order valence-corrected chi connectivity index (χ3v) is 3.58. The summed E-state index contributed by atoms with van der Waals surface area (Å²) in [6.45, 7) is 0. The molecule has 0 aliphatic carbocycles. The molecule has 7 heteroatoms. The van der Waals surface area contributed by atoms with Crippen LogP contribution in [0, 0.1) is 0 Å². The molecule has 2 rings (SSSR count). The first-order valence-electron chi connectivity index (χ1n) is 6.59. The molecule has 0 saturated carbocycles. The van der Waals surface area contributed by atoms with Crippen molar-refractivity contribution in [1.82, 2.24) is 10.6 Å². The first-order valence-corrected chi connectivity index (χ1v) is 6.97. The second-order valence-electron chi connectivity index (χ2n) is 4.95. The Kier molecular flexibility index (Phi) is 4.80. The molecule has 3 amide bonds. The van der Waals surface area contributed by atoms with Crippen LogP contribution in [-0.2, 0) is 20.8 Å². The quantitative estimate of drug-likeness (QED) is 0.720. The van der Waals surface area contributed by atoms with Crippen molar-refractivity contribution in [2.24, 2.45) is 5.73 Å². The highest BCUT2D eigenvalue weighted by atomic mass is 35.5. The Morgan fingerprint density at radius 1 is 1.38 bits per heavy atom. The Hall–Kier alpha value is -2.08. The Morgan fingerprint density at radius 2 is 2.05 bits per heavy atom. The number of nitrogens with one attached hydrogen (secondary N) is 2. The molecule has 6 nitrogen and oxygen atoms in total. The van der Waals surface area contributed by atoms with Gasteiger partial charge in [-0.3, -0.25) is 14.4 Å². The zero-order valence-electron chi connectivity index (χ0n) is 11.3. The van der Waals surface area contributed by atoms with Crippen molar-refractivity contribution in [3.8, 4) is 0 Å². The predicted molar refractivity (Wildman–Crippen MR) is 77.4 cm³/mol. The van der Waals surface area contributed by atoms with E-state index < -0.39 is 23.9 Å². The largest absolute Gasteiger partial charge is 0.368 e. The van der Waals surface area contributed by atoms with Gasteiger partial charge in [0.15, 0.2) is 0 Å². The number of rotatable bonds is 5. The lowest BCUT2D eigenvalue weighted by Gasteiger charge is -2.18. The summed E-state index contributed by atoms with van der Waals surface area (Å²) in [5.41, 5.74) is 6.15. The molecule has 0 spiro atoms. The van der Waals surface area contributed by atoms with Gasteiger partial charge in [0.05, 0.1) is 0 Å². The van der Waals surface area contributed by atoms with Gasteiger partial charge in [0.2, 0.25) is 17.7 Å². The number of hydrogen-bond acceptors (Lipinski definition) is 3. The lowest BCUT2D eigenvalue weighted by molar-refractivity contribution is -0.129. The van der Waals surface area contributed by atoms with E-state index in [9.17, 15) is 14.4 Å². The van der Waals surface area contributed by atoms with Crippen LogP contribution >= 0.6 is 11.6 Å². The Bertz CT molecular complexity index is 559. The predicted octanol–water partition coefficient (Wildman–Crippen LogP) is 0.131. The van der Waals surface area contributed by atoms with Gasteiger partial charge in [-0.05, 0) is 24.1 Å². The van der Waals surface area contributed by atoms with Crippen molar-refractivity contribution in [2.45, 2.75) is 31.3 Å². The van der Waals surface area contributed by atoms with E-state index in [2.05, 4.69) is 10.6 Å². The highest BCUT2D eigenvalue weighted by Crippen LogP contribution is 2.12. The Labute approximate surface area is 127 Å². The third kappa shape index (κ3) is 4.19. The van der Waals surface area contributed by atoms with Crippen LogP contribution in [0.5, 0.6) is 0 Å². The summed E-state index contributed by atoms with van der Waals surface area (Å²) in [6, 6.07) is 5.52. The van der Waals surface area contributed by atoms with E-state index in [1.165, 1.54) is 0 Å². The number of carbonyl (C=O) groups is 3. The van der Waals surface area contributed by atoms with Crippen LogP contribution in [0.2, 0.25) is 5.02 Å². The van der Waals surface area contributed by atoms with Gasteiger partial charge in [-0.25, -0.2) is 0 Å². The summed E-state index contributed by atoms with van der Waals surface area (Å²) in [5.74, 6) is -1.18. The fraction of sp³-hybridized carbons (Fsp3) is 0.357. The standard InChI is InChI=1S/C14H16ClN3O3/c15-9-3-1-8(2-4-9)7-11(13(16)20)18-14(21)10-5-6-12(19)17-10/h1-4,10-11H,5-7H2,(H2,16,20)(H,17,19)(H,18,21)/t10-,11+/m1/s1. The first kappa shape index (κ1) is 15.3. The number of primary amides is 1. The molecule has 0 aromatic heterocycles. The van der Waals surface area contributed by atoms with E-state index in [0.717, 1.165) is 5.56 Å². The molecule has 21 heavy (non-hydrogen) atoms. The molecule has 112 valence electrons. The number of hydrogen-bond donors (Lipinski definition) is 3. The molecule has 1 aliphatic heterocycles. The van der Waals surface area contributed by atoms with Gasteiger partial charge in [0, 0.05) is 17.9 Å². The van der Waals surface area contributed by atoms with Crippen molar-refractivity contribution in [3.05, 3.63) is 34.9 Å². The molecular weight excluding hydrogens is 294 g/mol. The second-order valence-corrected chi connectivity index (χ2v) is 5.39. The van der Waals surface area contributed by atoms with Gasteiger partial charge in [0.25, 0.3) is 0 Å². The van der Waals surface area contributed by atoms with Crippen molar-refractivity contribution in [3.63, 3.8) is 0 Å². The molecule has 1 saturated heterocycles. The van der Waals surface area contributed by atoms with Gasteiger partial charge in [-0.1, -0.05) is 23.7 Å². The lowest BCUT2D eigenvalue weighted by Crippen LogP contribution is -2.51. The minimum atomic E-state index is -0.823. The topological polar surface area (TPSA) is 101 Å². The minimum absolute atomic E-state index is 0.163. The van der Waals surface area contributed by atoms with E-state index in [1.807, 2.05) is 0 Å². The molecule has 1 heterocycles. The van der Waals surface area contributed by atoms with Gasteiger partial charge < -0.3 is 16.4 Å². The SMILES string of the molecule is NC(=O)[C@H](Cc1ccc(Cl)cc1)NC(=O)[C@H]1CCC(=O)N1. The van der Waals surface area contributed by atoms with E-state index in [1.54, 1.807) is 24.3 Å². The van der Waals surface area contributed by atoms with Crippen molar-refractivity contribution >= 4 is 29.3 Å². The average molecular weight is 310 g/mol. The van der Waals surface area contributed by atoms with Crippen LogP contribution in [-0.4, -0.2) is 29.8 Å². The number of carbonyl (C=O) groups excluding carboxylic acids is 3. The van der Waals surface area contributed by atoms with Crippen molar-refractivity contribution in [1.29, 1.82) is 0 Å². The third-order valence-electron chi connectivity index (χ3n) is 3.32. The van der Waals surface area contributed by atoms with Gasteiger partial charge in [-0.15, -0.1) is 0 Å². The van der Waals surface area contributed by atoms with Crippen molar-refractivity contribution < 1.29 is 14.4 Å². The molecule has 0 bridgehead atoms. The number of amides is 3. The van der Waals surface area contributed by atoms with Crippen LogP contribution in [0.1, 0.15) is 18.4 Å². The molecule has 2 atom stereocenters. The average Bonchev–Trinajstić information content (AvgIpc) is 2.87. The van der Waals surface area contributed by atoms with Gasteiger partial charge >= 0.3 is 0 Å². The van der Waals surface area contributed by atoms with Gasteiger partial charge in [-0.2, -0.15) is 0 Å². The van der Waals surface area contributed by atoms with Crippen molar-refractivity contribution in [2.75, 3.05) is 0 Å². The summed E-state index contributed by atoms with van der Waals surface area (Å²) < 4.78 is 0. The lowest BCUT2D eigenvalue weighted by atomic mass is 10.0. The van der Waals surface area contributed by atoms with Crippen LogP contribution in [0.15, 0.2) is 24.3 Å². The fourth-order valence-corrected chi connectivity index (χ4v) is 2.29. The monoisotopic (exact) mass is 309 g/mol. The maximum Gasteiger partial charge on any atom is 0.243 e. The fourth-order valence-electron chi connectivity index (χ4n) is 2.16. The minimum Gasteiger partial charge on any atom is -0.368 e. The van der Waals surface area contributed by atoms with E-state index >= 15 is 0 Å². The molecule has 0 unspecified atom stereocenters. The zero-order valence-corrected chi connectivity index (χ0v) is 12.0.